The Labute approximate surface area is 171 Å². The third-order valence-electron chi connectivity index (χ3n) is 4.09. The number of hydrogen-bond donors (Lipinski definition) is 1. The Morgan fingerprint density at radius 3 is 2.61 bits per heavy atom. The lowest BCUT2D eigenvalue weighted by Gasteiger charge is -2.08. The third kappa shape index (κ3) is 4.61. The molecule has 0 aliphatic rings. The van der Waals surface area contributed by atoms with Gasteiger partial charge in [-0.05, 0) is 49.9 Å². The number of anilines is 1. The van der Waals surface area contributed by atoms with Crippen LogP contribution in [0.1, 0.15) is 41.6 Å². The van der Waals surface area contributed by atoms with Crippen molar-refractivity contribution in [2.24, 2.45) is 0 Å². The minimum atomic E-state index is -0.464. The van der Waals surface area contributed by atoms with Gasteiger partial charge in [0, 0.05) is 10.4 Å². The Morgan fingerprint density at radius 2 is 1.89 bits per heavy atom. The van der Waals surface area contributed by atoms with Gasteiger partial charge >= 0.3 is 5.97 Å². The molecule has 7 heteroatoms. The fourth-order valence-electron chi connectivity index (χ4n) is 2.73. The summed E-state index contributed by atoms with van der Waals surface area (Å²) < 4.78 is 10.6. The summed E-state index contributed by atoms with van der Waals surface area (Å²) in [5.41, 5.74) is 3.56. The van der Waals surface area contributed by atoms with E-state index < -0.39 is 5.97 Å². The summed E-state index contributed by atoms with van der Waals surface area (Å²) in [4.78, 5) is 25.9. The maximum atomic E-state index is 12.6. The van der Waals surface area contributed by atoms with Crippen LogP contribution in [0, 0.1) is 20.8 Å². The van der Waals surface area contributed by atoms with E-state index in [-0.39, 0.29) is 5.91 Å². The van der Waals surface area contributed by atoms with Crippen LogP contribution in [0.25, 0.3) is 0 Å². The molecule has 1 N–H and O–H groups in total. The maximum Gasteiger partial charge on any atom is 0.340 e. The molecule has 0 saturated heterocycles. The number of carbonyl (C=O) groups excluding carboxylic acids is 2. The molecule has 5 nitrogen and oxygen atoms in total. The summed E-state index contributed by atoms with van der Waals surface area (Å²) >= 11 is 2.69. The highest BCUT2D eigenvalue weighted by Gasteiger charge is 2.19. The molecule has 28 heavy (non-hydrogen) atoms. The Morgan fingerprint density at radius 1 is 1.11 bits per heavy atom. The number of esters is 1. The zero-order valence-corrected chi connectivity index (χ0v) is 17.8. The fraction of sp³-hybridized carbons (Fsp3) is 0.238. The van der Waals surface area contributed by atoms with Crippen LogP contribution >= 0.6 is 22.7 Å². The van der Waals surface area contributed by atoms with E-state index in [9.17, 15) is 9.59 Å². The van der Waals surface area contributed by atoms with Gasteiger partial charge in [0.25, 0.3) is 5.91 Å². The number of ether oxygens (including phenoxy) is 2. The van der Waals surface area contributed by atoms with Gasteiger partial charge in [-0.2, -0.15) is 0 Å². The van der Waals surface area contributed by atoms with Crippen molar-refractivity contribution in [3.63, 3.8) is 0 Å². The first-order valence-corrected chi connectivity index (χ1v) is 10.3. The lowest BCUT2D eigenvalue weighted by Crippen LogP contribution is -2.12. The van der Waals surface area contributed by atoms with Crippen molar-refractivity contribution in [3.05, 3.63) is 67.7 Å². The van der Waals surface area contributed by atoms with Crippen LogP contribution in [0.4, 0.5) is 5.00 Å². The molecule has 146 valence electrons. The molecule has 2 heterocycles. The van der Waals surface area contributed by atoms with E-state index in [1.807, 2.05) is 44.4 Å². The zero-order valence-electron chi connectivity index (χ0n) is 16.1. The summed E-state index contributed by atoms with van der Waals surface area (Å²) in [5.74, 6) is 0.114. The Hall–Kier alpha value is -2.64. The summed E-state index contributed by atoms with van der Waals surface area (Å²) in [5, 5.41) is 5.21. The molecule has 1 aromatic carbocycles. The molecule has 0 aliphatic carbocycles. The average molecular weight is 416 g/mol. The molecule has 0 unspecified atom stereocenters. The van der Waals surface area contributed by atoms with E-state index in [1.54, 1.807) is 6.07 Å². The molecule has 0 aliphatic heterocycles. The lowest BCUT2D eigenvalue weighted by molar-refractivity contribution is 0.0602. The van der Waals surface area contributed by atoms with Crippen LogP contribution in [0.15, 0.2) is 35.7 Å². The van der Waals surface area contributed by atoms with Crippen LogP contribution in [-0.2, 0) is 11.3 Å². The van der Waals surface area contributed by atoms with Gasteiger partial charge in [-0.15, -0.1) is 22.7 Å². The second-order valence-corrected chi connectivity index (χ2v) is 8.59. The number of amides is 1. The number of thiophene rings is 2. The molecule has 3 rings (SSSR count). The molecule has 0 radical (unpaired) electrons. The van der Waals surface area contributed by atoms with Gasteiger partial charge in [-0.3, -0.25) is 4.79 Å². The van der Waals surface area contributed by atoms with Crippen LogP contribution in [-0.4, -0.2) is 19.0 Å². The first-order chi connectivity index (χ1) is 13.4. The van der Waals surface area contributed by atoms with Crippen molar-refractivity contribution >= 4 is 39.6 Å². The smallest absolute Gasteiger partial charge is 0.340 e. The molecule has 0 bridgehead atoms. The Balaban J connectivity index is 1.67. The first-order valence-electron chi connectivity index (χ1n) is 8.65. The van der Waals surface area contributed by atoms with Crippen molar-refractivity contribution in [2.45, 2.75) is 27.4 Å². The minimum Gasteiger partial charge on any atom is -0.489 e. The van der Waals surface area contributed by atoms with Crippen molar-refractivity contribution in [1.82, 2.24) is 0 Å². The molecular formula is C21H21NO4S2. The van der Waals surface area contributed by atoms with Crippen LogP contribution in [0.5, 0.6) is 5.75 Å². The largest absolute Gasteiger partial charge is 0.489 e. The minimum absolute atomic E-state index is 0.255. The van der Waals surface area contributed by atoms with Gasteiger partial charge < -0.3 is 14.8 Å². The van der Waals surface area contributed by atoms with Crippen molar-refractivity contribution in [3.8, 4) is 5.75 Å². The van der Waals surface area contributed by atoms with Crippen LogP contribution in [0.3, 0.4) is 0 Å². The quantitative estimate of drug-likeness (QED) is 0.551. The number of benzene rings is 1. The predicted octanol–water partition coefficient (Wildman–Crippen LogP) is 5.35. The molecule has 3 aromatic rings. The van der Waals surface area contributed by atoms with Crippen molar-refractivity contribution in [2.75, 3.05) is 12.4 Å². The molecule has 0 saturated carbocycles. The highest BCUT2D eigenvalue weighted by Crippen LogP contribution is 2.29. The van der Waals surface area contributed by atoms with E-state index >= 15 is 0 Å². The topological polar surface area (TPSA) is 64.6 Å². The fourth-order valence-corrected chi connectivity index (χ4v) is 4.41. The summed E-state index contributed by atoms with van der Waals surface area (Å²) in [6, 6.07) is 9.56. The molecular weight excluding hydrogens is 394 g/mol. The van der Waals surface area contributed by atoms with Gasteiger partial charge in [0.15, 0.2) is 0 Å². The van der Waals surface area contributed by atoms with E-state index in [0.29, 0.717) is 22.0 Å². The van der Waals surface area contributed by atoms with Gasteiger partial charge in [0.1, 0.15) is 17.4 Å². The molecule has 1 amide bonds. The Bertz CT molecular complexity index is 1020. The summed E-state index contributed by atoms with van der Waals surface area (Å²) in [6.45, 7) is 6.32. The number of aryl methyl sites for hydroxylation is 3. The maximum absolute atomic E-state index is 12.6. The molecule has 0 atom stereocenters. The number of hydrogen-bond acceptors (Lipinski definition) is 6. The lowest BCUT2D eigenvalue weighted by atomic mass is 10.1. The highest BCUT2D eigenvalue weighted by atomic mass is 32.1. The first kappa shape index (κ1) is 20.1. The Kier molecular flexibility index (Phi) is 6.16. The van der Waals surface area contributed by atoms with Crippen molar-refractivity contribution < 1.29 is 19.1 Å². The van der Waals surface area contributed by atoms with Gasteiger partial charge in [0.2, 0.25) is 0 Å². The van der Waals surface area contributed by atoms with E-state index in [4.69, 9.17) is 9.47 Å². The number of carbonyl (C=O) groups is 2. The summed E-state index contributed by atoms with van der Waals surface area (Å²) in [7, 11) is 1.32. The normalized spacial score (nSPS) is 10.6. The van der Waals surface area contributed by atoms with E-state index in [1.165, 1.54) is 35.3 Å². The predicted molar refractivity (Wildman–Crippen MR) is 113 cm³/mol. The molecule has 0 spiro atoms. The van der Waals surface area contributed by atoms with Crippen molar-refractivity contribution in [1.29, 1.82) is 0 Å². The third-order valence-corrected chi connectivity index (χ3v) is 6.03. The molecule has 2 aromatic heterocycles. The summed E-state index contributed by atoms with van der Waals surface area (Å²) in [6.07, 6.45) is 0. The standard InChI is InChI=1S/C21H21NO4S2/c1-12-5-6-17(13(2)7-12)26-10-15-9-18(27-11-15)19(23)22-20-16(21(24)25-4)8-14(3)28-20/h5-9,11H,10H2,1-4H3,(H,22,23). The van der Waals surface area contributed by atoms with E-state index in [2.05, 4.69) is 11.4 Å². The monoisotopic (exact) mass is 415 g/mol. The highest BCUT2D eigenvalue weighted by molar-refractivity contribution is 7.17. The van der Waals surface area contributed by atoms with Crippen LogP contribution < -0.4 is 10.1 Å². The van der Waals surface area contributed by atoms with Gasteiger partial charge in [-0.1, -0.05) is 17.7 Å². The SMILES string of the molecule is COC(=O)c1cc(C)sc1NC(=O)c1cc(COc2ccc(C)cc2C)cs1. The zero-order chi connectivity index (χ0) is 20.3. The molecule has 0 fully saturated rings. The number of rotatable bonds is 6. The number of methoxy groups -OCH3 is 1. The second kappa shape index (κ2) is 8.58. The second-order valence-electron chi connectivity index (χ2n) is 6.42. The van der Waals surface area contributed by atoms with Gasteiger partial charge in [-0.25, -0.2) is 4.79 Å². The average Bonchev–Trinajstić information content (AvgIpc) is 3.27. The number of nitrogens with one attached hydrogen (secondary N) is 1. The van der Waals surface area contributed by atoms with E-state index in [0.717, 1.165) is 21.8 Å². The van der Waals surface area contributed by atoms with Crippen LogP contribution in [0.2, 0.25) is 0 Å². The van der Waals surface area contributed by atoms with Gasteiger partial charge in [0.05, 0.1) is 17.6 Å².